The molecule has 0 radical (unpaired) electrons. The molecule has 1 atom stereocenters. The second-order valence-electron chi connectivity index (χ2n) is 5.04. The number of ether oxygens (including phenoxy) is 1. The second kappa shape index (κ2) is 6.60. The van der Waals surface area contributed by atoms with Gasteiger partial charge in [0.25, 0.3) is 5.91 Å². The van der Waals surface area contributed by atoms with Crippen molar-refractivity contribution in [2.45, 2.75) is 33.4 Å². The standard InChI is InChI=1S/C16H20FN3O2/c1-5-20-13(9-10(2)19-20)16(21)18-11(3)15-12(17)7-6-8-14(15)22-4/h6-9,11H,5H2,1-4H3,(H,18,21)/t11-/m0/s1. The minimum atomic E-state index is -0.524. The molecule has 1 N–H and O–H groups in total. The minimum absolute atomic E-state index is 0.291. The highest BCUT2D eigenvalue weighted by Gasteiger charge is 2.21. The quantitative estimate of drug-likeness (QED) is 0.924. The number of carbonyl (C=O) groups is 1. The fourth-order valence-corrected chi connectivity index (χ4v) is 2.43. The number of hydrogen-bond acceptors (Lipinski definition) is 3. The fraction of sp³-hybridized carbons (Fsp3) is 0.375. The van der Waals surface area contributed by atoms with E-state index in [2.05, 4.69) is 10.4 Å². The van der Waals surface area contributed by atoms with E-state index in [0.717, 1.165) is 5.69 Å². The highest BCUT2D eigenvalue weighted by atomic mass is 19.1. The van der Waals surface area contributed by atoms with Gasteiger partial charge in [0.2, 0.25) is 0 Å². The lowest BCUT2D eigenvalue weighted by atomic mass is 10.1. The Bertz CT molecular complexity index is 682. The lowest BCUT2D eigenvalue weighted by Crippen LogP contribution is -2.29. The highest BCUT2D eigenvalue weighted by Crippen LogP contribution is 2.27. The van der Waals surface area contributed by atoms with Gasteiger partial charge in [-0.05, 0) is 39.0 Å². The number of amides is 1. The van der Waals surface area contributed by atoms with Crippen molar-refractivity contribution in [1.29, 1.82) is 0 Å². The van der Waals surface area contributed by atoms with E-state index in [-0.39, 0.29) is 5.91 Å². The summed E-state index contributed by atoms with van der Waals surface area (Å²) in [5.74, 6) is -0.291. The molecule has 0 unspecified atom stereocenters. The van der Waals surface area contributed by atoms with Crippen LogP contribution in [0, 0.1) is 12.7 Å². The number of halogens is 1. The van der Waals surface area contributed by atoms with Gasteiger partial charge in [-0.2, -0.15) is 5.10 Å². The molecule has 0 aliphatic heterocycles. The second-order valence-corrected chi connectivity index (χ2v) is 5.04. The zero-order valence-corrected chi connectivity index (χ0v) is 13.2. The monoisotopic (exact) mass is 305 g/mol. The van der Waals surface area contributed by atoms with Crippen LogP contribution in [0.5, 0.6) is 5.75 Å². The molecule has 0 fully saturated rings. The molecule has 0 aliphatic carbocycles. The number of aromatic nitrogens is 2. The van der Waals surface area contributed by atoms with Crippen LogP contribution in [-0.4, -0.2) is 22.8 Å². The summed E-state index contributed by atoms with van der Waals surface area (Å²) in [5.41, 5.74) is 1.56. The Labute approximate surface area is 129 Å². The Morgan fingerprint density at radius 2 is 2.23 bits per heavy atom. The minimum Gasteiger partial charge on any atom is -0.496 e. The van der Waals surface area contributed by atoms with E-state index in [1.807, 2.05) is 13.8 Å². The van der Waals surface area contributed by atoms with Crippen molar-refractivity contribution in [1.82, 2.24) is 15.1 Å². The fourth-order valence-electron chi connectivity index (χ4n) is 2.43. The third-order valence-electron chi connectivity index (χ3n) is 3.45. The van der Waals surface area contributed by atoms with E-state index in [9.17, 15) is 9.18 Å². The maximum atomic E-state index is 14.0. The van der Waals surface area contributed by atoms with Crippen molar-refractivity contribution in [2.24, 2.45) is 0 Å². The SMILES string of the molecule is CCn1nc(C)cc1C(=O)N[C@@H](C)c1c(F)cccc1OC. The van der Waals surface area contributed by atoms with E-state index >= 15 is 0 Å². The highest BCUT2D eigenvalue weighted by molar-refractivity contribution is 5.93. The summed E-state index contributed by atoms with van der Waals surface area (Å²) in [6.07, 6.45) is 0. The van der Waals surface area contributed by atoms with Crippen LogP contribution in [0.1, 0.15) is 41.6 Å². The average molecular weight is 305 g/mol. The number of methoxy groups -OCH3 is 1. The smallest absolute Gasteiger partial charge is 0.270 e. The molecule has 1 amide bonds. The zero-order valence-electron chi connectivity index (χ0n) is 13.2. The van der Waals surface area contributed by atoms with E-state index in [1.165, 1.54) is 13.2 Å². The molecule has 2 aromatic rings. The normalized spacial score (nSPS) is 12.0. The number of nitrogens with zero attached hydrogens (tertiary/aromatic N) is 2. The number of carbonyl (C=O) groups excluding carboxylic acids is 1. The maximum Gasteiger partial charge on any atom is 0.270 e. The van der Waals surface area contributed by atoms with E-state index in [0.29, 0.717) is 23.6 Å². The van der Waals surface area contributed by atoms with Crippen LogP contribution in [0.3, 0.4) is 0 Å². The molecule has 118 valence electrons. The topological polar surface area (TPSA) is 56.2 Å². The first-order valence-corrected chi connectivity index (χ1v) is 7.15. The van der Waals surface area contributed by atoms with Crippen molar-refractivity contribution in [3.63, 3.8) is 0 Å². The molecular formula is C16H20FN3O2. The molecule has 0 saturated heterocycles. The number of benzene rings is 1. The maximum absolute atomic E-state index is 14.0. The van der Waals surface area contributed by atoms with Crippen LogP contribution in [-0.2, 0) is 6.54 Å². The van der Waals surface area contributed by atoms with E-state index < -0.39 is 11.9 Å². The van der Waals surface area contributed by atoms with Gasteiger partial charge in [-0.15, -0.1) is 0 Å². The van der Waals surface area contributed by atoms with Crippen LogP contribution < -0.4 is 10.1 Å². The van der Waals surface area contributed by atoms with Gasteiger partial charge in [0.05, 0.1) is 24.4 Å². The first-order valence-electron chi connectivity index (χ1n) is 7.15. The van der Waals surface area contributed by atoms with Gasteiger partial charge in [-0.1, -0.05) is 6.07 Å². The zero-order chi connectivity index (χ0) is 16.3. The number of hydrogen-bond donors (Lipinski definition) is 1. The molecule has 22 heavy (non-hydrogen) atoms. The predicted molar refractivity (Wildman–Crippen MR) is 81.5 cm³/mol. The first kappa shape index (κ1) is 16.0. The molecule has 0 saturated carbocycles. The number of rotatable bonds is 5. The Morgan fingerprint density at radius 3 is 2.86 bits per heavy atom. The molecule has 0 aliphatic rings. The molecule has 1 heterocycles. The molecule has 1 aromatic carbocycles. The van der Waals surface area contributed by atoms with Gasteiger partial charge in [0.15, 0.2) is 0 Å². The number of nitrogens with one attached hydrogen (secondary N) is 1. The van der Waals surface area contributed by atoms with Crippen molar-refractivity contribution in [2.75, 3.05) is 7.11 Å². The van der Waals surface area contributed by atoms with Gasteiger partial charge in [0, 0.05) is 6.54 Å². The van der Waals surface area contributed by atoms with Gasteiger partial charge in [-0.25, -0.2) is 4.39 Å². The van der Waals surface area contributed by atoms with Gasteiger partial charge in [0.1, 0.15) is 17.3 Å². The van der Waals surface area contributed by atoms with Crippen LogP contribution in [0.2, 0.25) is 0 Å². The van der Waals surface area contributed by atoms with Crippen molar-refractivity contribution in [3.8, 4) is 5.75 Å². The summed E-state index contributed by atoms with van der Waals surface area (Å²) >= 11 is 0. The van der Waals surface area contributed by atoms with Crippen molar-refractivity contribution < 1.29 is 13.9 Å². The molecule has 0 bridgehead atoms. The first-order chi connectivity index (χ1) is 10.5. The Kier molecular flexibility index (Phi) is 4.80. The molecular weight excluding hydrogens is 285 g/mol. The summed E-state index contributed by atoms with van der Waals surface area (Å²) in [4.78, 5) is 12.4. The predicted octanol–water partition coefficient (Wildman–Crippen LogP) is 2.85. The third kappa shape index (κ3) is 3.10. The largest absolute Gasteiger partial charge is 0.496 e. The van der Waals surface area contributed by atoms with Crippen LogP contribution in [0.25, 0.3) is 0 Å². The van der Waals surface area contributed by atoms with Gasteiger partial charge >= 0.3 is 0 Å². The lowest BCUT2D eigenvalue weighted by Gasteiger charge is -2.18. The van der Waals surface area contributed by atoms with E-state index in [4.69, 9.17) is 4.74 Å². The number of aryl methyl sites for hydroxylation is 2. The average Bonchev–Trinajstić information content (AvgIpc) is 2.87. The van der Waals surface area contributed by atoms with Gasteiger partial charge < -0.3 is 10.1 Å². The Hall–Kier alpha value is -2.37. The molecule has 2 rings (SSSR count). The van der Waals surface area contributed by atoms with Crippen LogP contribution in [0.15, 0.2) is 24.3 Å². The van der Waals surface area contributed by atoms with Crippen molar-refractivity contribution in [3.05, 3.63) is 47.0 Å². The lowest BCUT2D eigenvalue weighted by molar-refractivity contribution is 0.0928. The van der Waals surface area contributed by atoms with E-state index in [1.54, 1.807) is 29.8 Å². The third-order valence-corrected chi connectivity index (χ3v) is 3.45. The molecule has 1 aromatic heterocycles. The Morgan fingerprint density at radius 1 is 1.50 bits per heavy atom. The summed E-state index contributed by atoms with van der Waals surface area (Å²) in [7, 11) is 1.47. The van der Waals surface area contributed by atoms with Crippen LogP contribution in [0.4, 0.5) is 4.39 Å². The molecule has 5 nitrogen and oxygen atoms in total. The summed E-state index contributed by atoms with van der Waals surface area (Å²) in [6, 6.07) is 5.78. The summed E-state index contributed by atoms with van der Waals surface area (Å²) in [5, 5.41) is 7.03. The van der Waals surface area contributed by atoms with Gasteiger partial charge in [-0.3, -0.25) is 9.48 Å². The summed E-state index contributed by atoms with van der Waals surface area (Å²) < 4.78 is 20.8. The molecule has 6 heteroatoms. The Balaban J connectivity index is 2.25. The summed E-state index contributed by atoms with van der Waals surface area (Å²) in [6.45, 7) is 6.05. The van der Waals surface area contributed by atoms with Crippen LogP contribution >= 0.6 is 0 Å². The van der Waals surface area contributed by atoms with Crippen molar-refractivity contribution >= 4 is 5.91 Å². The molecule has 0 spiro atoms.